The largest absolute Gasteiger partial charge is 0.494 e. The highest BCUT2D eigenvalue weighted by Gasteiger charge is 2.28. The number of sulfonamides is 1. The lowest BCUT2D eigenvalue weighted by Crippen LogP contribution is -2.38. The number of anilines is 2. The maximum absolute atomic E-state index is 13.5. The number of hydrogen-bond donors (Lipinski definition) is 1. The Morgan fingerprint density at radius 3 is 2.31 bits per heavy atom. The number of aromatic nitrogens is 2. The minimum atomic E-state index is -4.08. The maximum atomic E-state index is 13.5. The van der Waals surface area contributed by atoms with E-state index in [-0.39, 0.29) is 10.0 Å². The molecule has 4 aromatic rings. The molecule has 186 valence electrons. The number of benzene rings is 3. The van der Waals surface area contributed by atoms with E-state index in [1.165, 1.54) is 35.6 Å². The van der Waals surface area contributed by atoms with E-state index >= 15 is 0 Å². The molecule has 1 N–H and O–H groups in total. The van der Waals surface area contributed by atoms with Gasteiger partial charge in [0.1, 0.15) is 17.3 Å². The molecule has 0 bridgehead atoms. The first-order chi connectivity index (χ1) is 17.3. The van der Waals surface area contributed by atoms with Gasteiger partial charge in [-0.2, -0.15) is 0 Å². The highest BCUT2D eigenvalue weighted by molar-refractivity contribution is 7.92. The molecule has 0 aliphatic carbocycles. The molecule has 0 radical (unpaired) electrons. The average molecular weight is 543 g/mol. The molecular weight excluding hydrogens is 520 g/mol. The Kier molecular flexibility index (Phi) is 7.88. The molecule has 0 atom stereocenters. The molecule has 0 saturated heterocycles. The second kappa shape index (κ2) is 11.1. The van der Waals surface area contributed by atoms with Crippen molar-refractivity contribution in [3.63, 3.8) is 0 Å². The van der Waals surface area contributed by atoms with Crippen molar-refractivity contribution in [1.29, 1.82) is 0 Å². The van der Waals surface area contributed by atoms with E-state index < -0.39 is 22.5 Å². The Morgan fingerprint density at radius 2 is 1.67 bits per heavy atom. The van der Waals surface area contributed by atoms with Crippen molar-refractivity contribution in [1.82, 2.24) is 10.2 Å². The Hall–Kier alpha value is -3.47. The van der Waals surface area contributed by atoms with Crippen LogP contribution in [0.4, 0.5) is 10.8 Å². The van der Waals surface area contributed by atoms with Gasteiger partial charge in [0.2, 0.25) is 11.0 Å². The quantitative estimate of drug-likeness (QED) is 0.304. The van der Waals surface area contributed by atoms with Gasteiger partial charge in [-0.05, 0) is 62.4 Å². The van der Waals surface area contributed by atoms with Crippen molar-refractivity contribution >= 4 is 49.7 Å². The van der Waals surface area contributed by atoms with Crippen LogP contribution >= 0.6 is 22.9 Å². The highest BCUT2D eigenvalue weighted by Crippen LogP contribution is 2.28. The van der Waals surface area contributed by atoms with Gasteiger partial charge in [0.25, 0.3) is 10.0 Å². The fraction of sp³-hybridized carbons (Fsp3) is 0.160. The Bertz CT molecular complexity index is 1440. The molecule has 36 heavy (non-hydrogen) atoms. The molecule has 0 aliphatic rings. The molecule has 0 aliphatic heterocycles. The van der Waals surface area contributed by atoms with Crippen molar-refractivity contribution < 1.29 is 17.9 Å². The molecule has 1 aromatic heterocycles. The van der Waals surface area contributed by atoms with Crippen molar-refractivity contribution in [3.05, 3.63) is 83.4 Å². The molecule has 4 rings (SSSR count). The first kappa shape index (κ1) is 25.6. The van der Waals surface area contributed by atoms with Crippen LogP contribution in [0.2, 0.25) is 5.02 Å². The topological polar surface area (TPSA) is 101 Å². The van der Waals surface area contributed by atoms with Crippen LogP contribution in [0.25, 0.3) is 10.6 Å². The Labute approximate surface area is 218 Å². The van der Waals surface area contributed by atoms with E-state index in [2.05, 4.69) is 15.5 Å². The van der Waals surface area contributed by atoms with E-state index in [0.29, 0.717) is 28.1 Å². The predicted octanol–water partition coefficient (Wildman–Crippen LogP) is 5.40. The van der Waals surface area contributed by atoms with Crippen LogP contribution in [0.15, 0.2) is 77.7 Å². The van der Waals surface area contributed by atoms with Crippen LogP contribution in [0, 0.1) is 6.92 Å². The van der Waals surface area contributed by atoms with Crippen LogP contribution in [0.1, 0.15) is 12.5 Å². The smallest absolute Gasteiger partial charge is 0.264 e. The number of halogens is 1. The first-order valence-electron chi connectivity index (χ1n) is 11.0. The van der Waals surface area contributed by atoms with E-state index in [1.807, 2.05) is 38.1 Å². The molecule has 1 heterocycles. The number of ether oxygens (including phenoxy) is 1. The number of rotatable bonds is 9. The number of aryl methyl sites for hydroxylation is 1. The van der Waals surface area contributed by atoms with Crippen molar-refractivity contribution in [2.75, 3.05) is 22.8 Å². The third-order valence-electron chi connectivity index (χ3n) is 5.09. The minimum absolute atomic E-state index is 0.00570. The molecule has 3 aromatic carbocycles. The molecule has 0 spiro atoms. The lowest BCUT2D eigenvalue weighted by atomic mass is 10.2. The highest BCUT2D eigenvalue weighted by atomic mass is 35.5. The molecule has 0 fully saturated rings. The van der Waals surface area contributed by atoms with Crippen molar-refractivity contribution in [2.24, 2.45) is 0 Å². The van der Waals surface area contributed by atoms with Crippen molar-refractivity contribution in [3.8, 4) is 16.3 Å². The summed E-state index contributed by atoms with van der Waals surface area (Å²) in [6.45, 7) is 3.84. The Morgan fingerprint density at radius 1 is 1.00 bits per heavy atom. The number of carbonyl (C=O) groups is 1. The zero-order valence-electron chi connectivity index (χ0n) is 19.5. The lowest BCUT2D eigenvalue weighted by Gasteiger charge is -2.24. The number of nitrogens with zero attached hydrogens (tertiary/aromatic N) is 3. The summed E-state index contributed by atoms with van der Waals surface area (Å²) in [4.78, 5) is 13.0. The normalized spacial score (nSPS) is 11.2. The van der Waals surface area contributed by atoms with Gasteiger partial charge >= 0.3 is 0 Å². The van der Waals surface area contributed by atoms with Gasteiger partial charge in [0.05, 0.1) is 17.2 Å². The monoisotopic (exact) mass is 542 g/mol. The van der Waals surface area contributed by atoms with Crippen LogP contribution in [-0.2, 0) is 14.8 Å². The molecule has 0 saturated carbocycles. The van der Waals surface area contributed by atoms with Crippen LogP contribution in [0.3, 0.4) is 0 Å². The summed E-state index contributed by atoms with van der Waals surface area (Å²) in [5, 5.41) is 12.1. The number of carbonyl (C=O) groups excluding carboxylic acids is 1. The van der Waals surface area contributed by atoms with Crippen LogP contribution < -0.4 is 14.4 Å². The van der Waals surface area contributed by atoms with E-state index in [9.17, 15) is 13.2 Å². The summed E-state index contributed by atoms with van der Waals surface area (Å²) in [5.41, 5.74) is 2.30. The van der Waals surface area contributed by atoms with Crippen molar-refractivity contribution in [2.45, 2.75) is 18.7 Å². The molecule has 8 nitrogen and oxygen atoms in total. The summed E-state index contributed by atoms with van der Waals surface area (Å²) < 4.78 is 33.5. The third-order valence-corrected chi connectivity index (χ3v) is 8.02. The van der Waals surface area contributed by atoms with Gasteiger partial charge < -0.3 is 4.74 Å². The number of nitrogens with one attached hydrogen (secondary N) is 1. The SMILES string of the molecule is CCOc1ccc(N(CC(=O)Nc2nnc(-c3ccc(C)cc3)s2)S(=O)(=O)c2ccc(Cl)cc2)cc1. The molecular formula is C25H23ClN4O4S2. The second-order valence-corrected chi connectivity index (χ2v) is 11.0. The fourth-order valence-electron chi connectivity index (χ4n) is 3.30. The zero-order chi connectivity index (χ0) is 25.7. The standard InChI is InChI=1S/C25H23ClN4O4S2/c1-3-34-21-12-10-20(11-13-21)30(36(32,33)22-14-8-19(26)9-15-22)16-23(31)27-25-29-28-24(35-25)18-6-4-17(2)5-7-18/h4-15H,3,16H2,1-2H3,(H,27,29,31). The summed E-state index contributed by atoms with van der Waals surface area (Å²) in [6, 6.07) is 20.0. The van der Waals surface area contributed by atoms with Crippen LogP contribution in [0.5, 0.6) is 5.75 Å². The van der Waals surface area contributed by atoms with Gasteiger partial charge in [-0.1, -0.05) is 52.8 Å². The van der Waals surface area contributed by atoms with E-state index in [4.69, 9.17) is 16.3 Å². The lowest BCUT2D eigenvalue weighted by molar-refractivity contribution is -0.114. The minimum Gasteiger partial charge on any atom is -0.494 e. The summed E-state index contributed by atoms with van der Waals surface area (Å²) in [5.74, 6) is 0.0278. The Balaban J connectivity index is 1.58. The summed E-state index contributed by atoms with van der Waals surface area (Å²) in [7, 11) is -4.08. The first-order valence-corrected chi connectivity index (χ1v) is 13.6. The van der Waals surface area contributed by atoms with Gasteiger partial charge in [-0.25, -0.2) is 8.42 Å². The van der Waals surface area contributed by atoms with Crippen LogP contribution in [-0.4, -0.2) is 37.7 Å². The number of hydrogen-bond acceptors (Lipinski definition) is 7. The van der Waals surface area contributed by atoms with Gasteiger partial charge in [0, 0.05) is 10.6 Å². The molecule has 0 unspecified atom stereocenters. The van der Waals surface area contributed by atoms with E-state index in [1.54, 1.807) is 24.3 Å². The fourth-order valence-corrected chi connectivity index (χ4v) is 5.61. The summed E-state index contributed by atoms with van der Waals surface area (Å²) in [6.07, 6.45) is 0. The predicted molar refractivity (Wildman–Crippen MR) is 142 cm³/mol. The zero-order valence-corrected chi connectivity index (χ0v) is 21.9. The average Bonchev–Trinajstić information content (AvgIpc) is 3.32. The maximum Gasteiger partial charge on any atom is 0.264 e. The van der Waals surface area contributed by atoms with Gasteiger partial charge in [-0.15, -0.1) is 10.2 Å². The second-order valence-electron chi connectivity index (χ2n) is 7.72. The summed E-state index contributed by atoms with van der Waals surface area (Å²) >= 11 is 7.14. The van der Waals surface area contributed by atoms with Gasteiger partial charge in [-0.3, -0.25) is 14.4 Å². The van der Waals surface area contributed by atoms with E-state index in [0.717, 1.165) is 15.4 Å². The molecule has 11 heteroatoms. The third kappa shape index (κ3) is 6.01. The van der Waals surface area contributed by atoms with Gasteiger partial charge in [0.15, 0.2) is 0 Å². The number of amides is 1. The molecule has 1 amide bonds.